The second-order valence-corrected chi connectivity index (χ2v) is 9.59. The number of aromatic nitrogens is 5. The van der Waals surface area contributed by atoms with Crippen LogP contribution in [0.4, 0.5) is 5.69 Å². The van der Waals surface area contributed by atoms with Gasteiger partial charge >= 0.3 is 0 Å². The average molecular weight is 451 g/mol. The van der Waals surface area contributed by atoms with E-state index >= 15 is 0 Å². The van der Waals surface area contributed by atoms with Crippen molar-refractivity contribution in [1.82, 2.24) is 24.6 Å². The molecule has 0 spiro atoms. The summed E-state index contributed by atoms with van der Waals surface area (Å²) in [5, 5.41) is 8.65. The molecule has 0 bridgehead atoms. The predicted octanol–water partition coefficient (Wildman–Crippen LogP) is 3.40. The van der Waals surface area contributed by atoms with Crippen molar-refractivity contribution in [2.45, 2.75) is 4.21 Å². The van der Waals surface area contributed by atoms with Crippen LogP contribution < -0.4 is 5.73 Å². The molecular formula is C21H18N6O2S2. The second kappa shape index (κ2) is 8.23. The van der Waals surface area contributed by atoms with Crippen molar-refractivity contribution in [2.75, 3.05) is 25.2 Å². The molecule has 0 aliphatic rings. The molecule has 156 valence electrons. The molecule has 1 unspecified atom stereocenters. The first kappa shape index (κ1) is 19.9. The number of nitrogens with two attached hydrogens (primary N) is 1. The molecule has 0 fully saturated rings. The van der Waals surface area contributed by atoms with Crippen molar-refractivity contribution in [3.8, 4) is 22.4 Å². The van der Waals surface area contributed by atoms with E-state index in [1.165, 1.54) is 11.3 Å². The maximum absolute atomic E-state index is 12.8. The average Bonchev–Trinajstić information content (AvgIpc) is 3.41. The third-order valence-electron chi connectivity index (χ3n) is 4.88. The van der Waals surface area contributed by atoms with Crippen LogP contribution in [0, 0.1) is 0 Å². The largest absolute Gasteiger partial charge is 0.611 e. The van der Waals surface area contributed by atoms with Crippen LogP contribution in [-0.4, -0.2) is 48.6 Å². The highest BCUT2D eigenvalue weighted by Gasteiger charge is 2.25. The molecule has 1 atom stereocenters. The van der Waals surface area contributed by atoms with Gasteiger partial charge in [0.05, 0.1) is 12.3 Å². The molecule has 5 aromatic rings. The molecule has 0 saturated heterocycles. The summed E-state index contributed by atoms with van der Waals surface area (Å²) in [5.41, 5.74) is 10.5. The summed E-state index contributed by atoms with van der Waals surface area (Å²) in [6.45, 7) is 0.398. The monoisotopic (exact) mass is 450 g/mol. The van der Waals surface area contributed by atoms with Crippen molar-refractivity contribution in [3.05, 3.63) is 55.1 Å². The Labute approximate surface area is 184 Å². The van der Waals surface area contributed by atoms with Crippen molar-refractivity contribution in [1.29, 1.82) is 0 Å². The fourth-order valence-corrected chi connectivity index (χ4v) is 5.94. The van der Waals surface area contributed by atoms with Gasteiger partial charge in [-0.25, -0.2) is 9.97 Å². The summed E-state index contributed by atoms with van der Waals surface area (Å²) in [4.78, 5) is 9.93. The Morgan fingerprint density at radius 2 is 2.06 bits per heavy atom. The number of fused-ring (bicyclic) bond motifs is 2. The van der Waals surface area contributed by atoms with Gasteiger partial charge in [-0.15, -0.1) is 10.2 Å². The van der Waals surface area contributed by atoms with E-state index < -0.39 is 11.2 Å². The van der Waals surface area contributed by atoms with E-state index in [-0.39, 0.29) is 0 Å². The van der Waals surface area contributed by atoms with Crippen LogP contribution in [0.3, 0.4) is 0 Å². The molecule has 5 rings (SSSR count). The van der Waals surface area contributed by atoms with Gasteiger partial charge in [-0.3, -0.25) is 4.40 Å². The zero-order valence-corrected chi connectivity index (χ0v) is 18.2. The number of rotatable bonds is 6. The Hall–Kier alpha value is -3.05. The summed E-state index contributed by atoms with van der Waals surface area (Å²) in [6, 6.07) is 12.0. The SMILES string of the molecule is COCC[S+]([O-])c1sc2nc(-c3cnc4nncn4c3)cc(-c3ccccc3)c2c1N. The molecule has 0 radical (unpaired) electrons. The van der Waals surface area contributed by atoms with Crippen molar-refractivity contribution in [3.63, 3.8) is 0 Å². The van der Waals surface area contributed by atoms with E-state index in [0.717, 1.165) is 32.6 Å². The number of hydrogen-bond donors (Lipinski definition) is 1. The molecule has 0 aliphatic carbocycles. The Morgan fingerprint density at radius 3 is 2.87 bits per heavy atom. The van der Waals surface area contributed by atoms with Gasteiger partial charge in [0.15, 0.2) is 0 Å². The fourth-order valence-electron chi connectivity index (χ4n) is 3.38. The van der Waals surface area contributed by atoms with Crippen molar-refractivity contribution >= 4 is 44.2 Å². The molecule has 4 heterocycles. The highest BCUT2D eigenvalue weighted by Crippen LogP contribution is 2.43. The lowest BCUT2D eigenvalue weighted by Crippen LogP contribution is -2.11. The molecule has 10 heteroatoms. The maximum Gasteiger partial charge on any atom is 0.254 e. The van der Waals surface area contributed by atoms with Gasteiger partial charge in [0.2, 0.25) is 4.21 Å². The van der Waals surface area contributed by atoms with E-state index in [9.17, 15) is 4.55 Å². The number of methoxy groups -OCH3 is 1. The molecule has 2 N–H and O–H groups in total. The molecule has 0 amide bonds. The van der Waals surface area contributed by atoms with Gasteiger partial charge in [0.1, 0.15) is 22.6 Å². The van der Waals surface area contributed by atoms with Gasteiger partial charge < -0.3 is 15.0 Å². The van der Waals surface area contributed by atoms with Gasteiger partial charge in [-0.2, -0.15) is 0 Å². The Bertz CT molecular complexity index is 1370. The number of ether oxygens (including phenoxy) is 1. The third-order valence-corrected chi connectivity index (χ3v) is 7.75. The van der Waals surface area contributed by atoms with Crippen molar-refractivity contribution in [2.24, 2.45) is 0 Å². The quantitative estimate of drug-likeness (QED) is 0.394. The van der Waals surface area contributed by atoms with Gasteiger partial charge in [0.25, 0.3) is 5.78 Å². The summed E-state index contributed by atoms with van der Waals surface area (Å²) < 4.78 is 20.3. The smallest absolute Gasteiger partial charge is 0.254 e. The van der Waals surface area contributed by atoms with Crippen LogP contribution in [0.1, 0.15) is 0 Å². The third kappa shape index (κ3) is 3.63. The Balaban J connectivity index is 1.72. The van der Waals surface area contributed by atoms with E-state index in [0.29, 0.717) is 28.0 Å². The minimum atomic E-state index is -1.26. The lowest BCUT2D eigenvalue weighted by atomic mass is 10.0. The van der Waals surface area contributed by atoms with Crippen LogP contribution in [-0.2, 0) is 15.9 Å². The van der Waals surface area contributed by atoms with Gasteiger partial charge in [-0.1, -0.05) is 41.7 Å². The topological polar surface area (TPSA) is 114 Å². The summed E-state index contributed by atoms with van der Waals surface area (Å²) in [5.74, 6) is 0.902. The number of nitrogen functional groups attached to an aromatic ring is 1. The van der Waals surface area contributed by atoms with Crippen LogP contribution in [0.5, 0.6) is 0 Å². The van der Waals surface area contributed by atoms with Gasteiger partial charge in [0, 0.05) is 41.6 Å². The fraction of sp³-hybridized carbons (Fsp3) is 0.143. The number of pyridine rings is 1. The summed E-state index contributed by atoms with van der Waals surface area (Å²) in [6.07, 6.45) is 5.21. The van der Waals surface area contributed by atoms with Gasteiger partial charge in [-0.05, 0) is 17.2 Å². The van der Waals surface area contributed by atoms with Crippen LogP contribution >= 0.6 is 11.3 Å². The minimum Gasteiger partial charge on any atom is -0.611 e. The number of hydrogen-bond acceptors (Lipinski definition) is 8. The zero-order valence-electron chi connectivity index (χ0n) is 16.6. The first-order chi connectivity index (χ1) is 15.2. The molecule has 0 saturated carbocycles. The molecule has 31 heavy (non-hydrogen) atoms. The van der Waals surface area contributed by atoms with Crippen molar-refractivity contribution < 1.29 is 9.29 Å². The van der Waals surface area contributed by atoms with E-state index in [4.69, 9.17) is 15.5 Å². The number of nitrogens with zero attached hydrogens (tertiary/aromatic N) is 5. The predicted molar refractivity (Wildman–Crippen MR) is 122 cm³/mol. The van der Waals surface area contributed by atoms with E-state index in [1.807, 2.05) is 42.6 Å². The molecule has 8 nitrogen and oxygen atoms in total. The normalized spacial score (nSPS) is 12.6. The molecule has 0 aliphatic heterocycles. The Morgan fingerprint density at radius 1 is 1.23 bits per heavy atom. The number of anilines is 1. The number of thiophene rings is 1. The van der Waals surface area contributed by atoms with E-state index in [1.54, 1.807) is 24.0 Å². The molecular weight excluding hydrogens is 432 g/mol. The van der Waals surface area contributed by atoms with Crippen LogP contribution in [0.2, 0.25) is 0 Å². The second-order valence-electron chi connectivity index (χ2n) is 6.83. The first-order valence-electron chi connectivity index (χ1n) is 9.47. The lowest BCUT2D eigenvalue weighted by Gasteiger charge is -2.09. The lowest BCUT2D eigenvalue weighted by molar-refractivity contribution is 0.217. The maximum atomic E-state index is 12.8. The standard InChI is InChI=1S/C21H18N6O2S2/c1-29-7-8-31(28)20-18(22)17-15(13-5-3-2-4-6-13)9-16(25-19(17)30-20)14-10-23-21-26-24-12-27(21)11-14/h2-6,9-12H,7-8,22H2,1H3. The summed E-state index contributed by atoms with van der Waals surface area (Å²) >= 11 is 0.101. The highest BCUT2D eigenvalue weighted by molar-refractivity contribution is 7.93. The highest BCUT2D eigenvalue weighted by atomic mass is 32.2. The Kier molecular flexibility index (Phi) is 5.28. The number of benzene rings is 1. The van der Waals surface area contributed by atoms with Crippen LogP contribution in [0.25, 0.3) is 38.4 Å². The zero-order chi connectivity index (χ0) is 21.4. The summed E-state index contributed by atoms with van der Waals surface area (Å²) in [7, 11) is 1.59. The minimum absolute atomic E-state index is 0.384. The molecule has 4 aromatic heterocycles. The van der Waals surface area contributed by atoms with E-state index in [2.05, 4.69) is 15.2 Å². The van der Waals surface area contributed by atoms with Crippen LogP contribution in [0.15, 0.2) is 59.3 Å². The first-order valence-corrected chi connectivity index (χ1v) is 11.6. The molecule has 1 aromatic carbocycles.